The summed E-state index contributed by atoms with van der Waals surface area (Å²) in [5, 5.41) is 6.43. The summed E-state index contributed by atoms with van der Waals surface area (Å²) >= 11 is 0. The molecule has 112 valence electrons. The summed E-state index contributed by atoms with van der Waals surface area (Å²) in [7, 11) is -3.37. The number of piperidine rings is 1. The first-order chi connectivity index (χ1) is 9.30. The van der Waals surface area contributed by atoms with E-state index in [1.807, 2.05) is 0 Å². The van der Waals surface area contributed by atoms with E-state index in [0.29, 0.717) is 12.2 Å². The molecule has 0 saturated carbocycles. The lowest BCUT2D eigenvalue weighted by molar-refractivity contribution is 0.253. The van der Waals surface area contributed by atoms with Gasteiger partial charge in [-0.2, -0.15) is 0 Å². The van der Waals surface area contributed by atoms with Crippen molar-refractivity contribution in [3.63, 3.8) is 0 Å². The van der Waals surface area contributed by atoms with Crippen molar-refractivity contribution in [2.45, 2.75) is 24.7 Å². The highest BCUT2D eigenvalue weighted by Crippen LogP contribution is 2.27. The van der Waals surface area contributed by atoms with Gasteiger partial charge in [0.2, 0.25) is 0 Å². The SMILES string of the molecule is CC1(CNc2ccc(S(C)(=O)=O)cc2F)CCCNC1. The summed E-state index contributed by atoms with van der Waals surface area (Å²) in [5.41, 5.74) is 0.449. The molecular formula is C14H21FN2O2S. The molecule has 0 aliphatic carbocycles. The monoisotopic (exact) mass is 300 g/mol. The smallest absolute Gasteiger partial charge is 0.175 e. The van der Waals surface area contributed by atoms with Gasteiger partial charge in [0.1, 0.15) is 5.82 Å². The van der Waals surface area contributed by atoms with E-state index < -0.39 is 15.7 Å². The van der Waals surface area contributed by atoms with E-state index >= 15 is 0 Å². The number of benzene rings is 1. The maximum absolute atomic E-state index is 13.9. The Balaban J connectivity index is 2.07. The number of hydrogen-bond donors (Lipinski definition) is 2. The van der Waals surface area contributed by atoms with E-state index in [2.05, 4.69) is 17.6 Å². The van der Waals surface area contributed by atoms with Crippen molar-refractivity contribution in [3.8, 4) is 0 Å². The van der Waals surface area contributed by atoms with Crippen LogP contribution in [0.4, 0.5) is 10.1 Å². The van der Waals surface area contributed by atoms with E-state index in [1.165, 1.54) is 12.1 Å². The van der Waals surface area contributed by atoms with Gasteiger partial charge in [0.15, 0.2) is 9.84 Å². The second-order valence-electron chi connectivity index (χ2n) is 5.86. The lowest BCUT2D eigenvalue weighted by Crippen LogP contribution is -2.42. The zero-order chi connectivity index (χ0) is 14.8. The van der Waals surface area contributed by atoms with Gasteiger partial charge in [-0.1, -0.05) is 6.92 Å². The maximum atomic E-state index is 13.9. The predicted octanol–water partition coefficient (Wildman–Crippen LogP) is 2.03. The Kier molecular flexibility index (Phi) is 4.34. The molecule has 0 radical (unpaired) electrons. The van der Waals surface area contributed by atoms with Gasteiger partial charge in [0.05, 0.1) is 10.6 Å². The second kappa shape index (κ2) is 5.69. The molecule has 1 aromatic rings. The zero-order valence-electron chi connectivity index (χ0n) is 11.9. The minimum absolute atomic E-state index is 0.00564. The molecule has 1 aromatic carbocycles. The molecule has 2 N–H and O–H groups in total. The summed E-state index contributed by atoms with van der Waals surface area (Å²) in [6.45, 7) is 4.76. The van der Waals surface area contributed by atoms with E-state index in [9.17, 15) is 12.8 Å². The van der Waals surface area contributed by atoms with Crippen LogP contribution < -0.4 is 10.6 Å². The minimum atomic E-state index is -3.37. The third-order valence-corrected chi connectivity index (χ3v) is 4.87. The summed E-state index contributed by atoms with van der Waals surface area (Å²) < 4.78 is 36.6. The van der Waals surface area contributed by atoms with Gasteiger partial charge in [-0.05, 0) is 43.0 Å². The largest absolute Gasteiger partial charge is 0.382 e. The summed E-state index contributed by atoms with van der Waals surface area (Å²) in [4.78, 5) is 0.00564. The molecule has 0 amide bonds. The third kappa shape index (κ3) is 3.70. The fourth-order valence-corrected chi connectivity index (χ4v) is 3.08. The van der Waals surface area contributed by atoms with E-state index in [0.717, 1.165) is 38.3 Å². The normalized spacial score (nSPS) is 23.6. The first kappa shape index (κ1) is 15.3. The number of rotatable bonds is 4. The number of sulfone groups is 1. The Morgan fingerprint density at radius 2 is 2.20 bits per heavy atom. The molecule has 1 aliphatic rings. The molecule has 1 unspecified atom stereocenters. The Labute approximate surface area is 119 Å². The maximum Gasteiger partial charge on any atom is 0.175 e. The second-order valence-corrected chi connectivity index (χ2v) is 7.87. The summed E-state index contributed by atoms with van der Waals surface area (Å²) in [6.07, 6.45) is 3.29. The van der Waals surface area contributed by atoms with Crippen molar-refractivity contribution in [3.05, 3.63) is 24.0 Å². The first-order valence-corrected chi connectivity index (χ1v) is 8.64. The van der Waals surface area contributed by atoms with Crippen LogP contribution in [0.2, 0.25) is 0 Å². The molecule has 2 rings (SSSR count). The zero-order valence-corrected chi connectivity index (χ0v) is 12.7. The quantitative estimate of drug-likeness (QED) is 0.893. The average Bonchev–Trinajstić information content (AvgIpc) is 2.37. The van der Waals surface area contributed by atoms with Crippen LogP contribution in [0.25, 0.3) is 0 Å². The van der Waals surface area contributed by atoms with Crippen LogP contribution in [-0.4, -0.2) is 34.3 Å². The average molecular weight is 300 g/mol. The Hall–Kier alpha value is -1.14. The molecule has 1 fully saturated rings. The van der Waals surface area contributed by atoms with Crippen molar-refractivity contribution >= 4 is 15.5 Å². The van der Waals surface area contributed by atoms with Crippen molar-refractivity contribution in [2.24, 2.45) is 5.41 Å². The third-order valence-electron chi connectivity index (χ3n) is 3.76. The molecule has 0 aromatic heterocycles. The highest BCUT2D eigenvalue weighted by atomic mass is 32.2. The Morgan fingerprint density at radius 1 is 1.45 bits per heavy atom. The summed E-state index contributed by atoms with van der Waals surface area (Å²) in [5.74, 6) is -0.528. The lowest BCUT2D eigenvalue weighted by Gasteiger charge is -2.34. The molecule has 0 spiro atoms. The van der Waals surface area contributed by atoms with Crippen molar-refractivity contribution in [1.29, 1.82) is 0 Å². The van der Waals surface area contributed by atoms with Gasteiger partial charge >= 0.3 is 0 Å². The van der Waals surface area contributed by atoms with Crippen LogP contribution in [0.15, 0.2) is 23.1 Å². The van der Waals surface area contributed by atoms with Crippen LogP contribution in [0.5, 0.6) is 0 Å². The lowest BCUT2D eigenvalue weighted by atomic mass is 9.83. The molecule has 20 heavy (non-hydrogen) atoms. The number of halogens is 1. The predicted molar refractivity (Wildman–Crippen MR) is 78.2 cm³/mol. The highest BCUT2D eigenvalue weighted by Gasteiger charge is 2.26. The van der Waals surface area contributed by atoms with Gasteiger partial charge < -0.3 is 10.6 Å². The van der Waals surface area contributed by atoms with Crippen LogP contribution in [0.1, 0.15) is 19.8 Å². The molecule has 1 atom stereocenters. The molecule has 1 aliphatic heterocycles. The van der Waals surface area contributed by atoms with Crippen LogP contribution >= 0.6 is 0 Å². The molecule has 1 heterocycles. The van der Waals surface area contributed by atoms with Gasteiger partial charge in [-0.3, -0.25) is 0 Å². The number of hydrogen-bond acceptors (Lipinski definition) is 4. The van der Waals surface area contributed by atoms with Crippen LogP contribution in [-0.2, 0) is 9.84 Å². The van der Waals surface area contributed by atoms with E-state index in [-0.39, 0.29) is 10.3 Å². The fraction of sp³-hybridized carbons (Fsp3) is 0.571. The van der Waals surface area contributed by atoms with Gasteiger partial charge in [-0.25, -0.2) is 12.8 Å². The highest BCUT2D eigenvalue weighted by molar-refractivity contribution is 7.90. The van der Waals surface area contributed by atoms with Crippen LogP contribution in [0, 0.1) is 11.2 Å². The molecular weight excluding hydrogens is 279 g/mol. The fourth-order valence-electron chi connectivity index (χ4n) is 2.45. The van der Waals surface area contributed by atoms with Crippen molar-refractivity contribution in [2.75, 3.05) is 31.2 Å². The first-order valence-electron chi connectivity index (χ1n) is 6.74. The standard InChI is InChI=1S/C14H21FN2O2S/c1-14(6-3-7-16-9-14)10-17-13-5-4-11(8-12(13)15)20(2,18)19/h4-5,8,16-17H,3,6-7,9-10H2,1-2H3. The van der Waals surface area contributed by atoms with Crippen LogP contribution in [0.3, 0.4) is 0 Å². The Morgan fingerprint density at radius 3 is 2.75 bits per heavy atom. The van der Waals surface area contributed by atoms with Crippen molar-refractivity contribution < 1.29 is 12.8 Å². The number of nitrogens with one attached hydrogen (secondary N) is 2. The summed E-state index contributed by atoms with van der Waals surface area (Å²) in [6, 6.07) is 3.99. The van der Waals surface area contributed by atoms with Gasteiger partial charge in [-0.15, -0.1) is 0 Å². The van der Waals surface area contributed by atoms with Gasteiger partial charge in [0.25, 0.3) is 0 Å². The van der Waals surface area contributed by atoms with E-state index in [1.54, 1.807) is 0 Å². The van der Waals surface area contributed by atoms with Gasteiger partial charge in [0, 0.05) is 19.3 Å². The number of anilines is 1. The Bertz CT molecular complexity index is 581. The van der Waals surface area contributed by atoms with E-state index in [4.69, 9.17) is 0 Å². The molecule has 4 nitrogen and oxygen atoms in total. The molecule has 1 saturated heterocycles. The minimum Gasteiger partial charge on any atom is -0.382 e. The van der Waals surface area contributed by atoms with Crippen molar-refractivity contribution in [1.82, 2.24) is 5.32 Å². The molecule has 6 heteroatoms. The molecule has 0 bridgehead atoms. The topological polar surface area (TPSA) is 58.2 Å².